The minimum atomic E-state index is -0.150. The first-order valence-corrected chi connectivity index (χ1v) is 7.44. The van der Waals surface area contributed by atoms with E-state index in [4.69, 9.17) is 0 Å². The van der Waals surface area contributed by atoms with E-state index in [0.29, 0.717) is 17.4 Å². The Hall–Kier alpha value is -0.890. The standard InChI is InChI=1S/C17H26FN/c1-17(2)11-5-4-6-15(17)16(19-3)12-13-7-9-14(18)10-8-13/h7-10,15-16,19H,4-6,11-12H2,1-3H3. The third-order valence-electron chi connectivity index (χ3n) is 4.82. The van der Waals surface area contributed by atoms with Gasteiger partial charge in [0.15, 0.2) is 0 Å². The van der Waals surface area contributed by atoms with Gasteiger partial charge >= 0.3 is 0 Å². The molecular formula is C17H26FN. The van der Waals surface area contributed by atoms with Crippen LogP contribution in [0.3, 0.4) is 0 Å². The third-order valence-corrected chi connectivity index (χ3v) is 4.82. The molecule has 106 valence electrons. The summed E-state index contributed by atoms with van der Waals surface area (Å²) in [5, 5.41) is 3.50. The highest BCUT2D eigenvalue weighted by Crippen LogP contribution is 2.42. The Morgan fingerprint density at radius 1 is 1.26 bits per heavy atom. The van der Waals surface area contributed by atoms with E-state index in [1.165, 1.54) is 31.2 Å². The smallest absolute Gasteiger partial charge is 0.123 e. The number of hydrogen-bond acceptors (Lipinski definition) is 1. The van der Waals surface area contributed by atoms with Crippen molar-refractivity contribution in [3.63, 3.8) is 0 Å². The number of halogens is 1. The van der Waals surface area contributed by atoms with Crippen molar-refractivity contribution in [2.75, 3.05) is 7.05 Å². The Bertz CT molecular complexity index is 396. The molecule has 2 unspecified atom stereocenters. The average Bonchev–Trinajstić information content (AvgIpc) is 2.38. The van der Waals surface area contributed by atoms with Crippen molar-refractivity contribution in [3.05, 3.63) is 35.6 Å². The van der Waals surface area contributed by atoms with Gasteiger partial charge in [-0.25, -0.2) is 4.39 Å². The molecule has 1 nitrogen and oxygen atoms in total. The summed E-state index contributed by atoms with van der Waals surface area (Å²) in [5.74, 6) is 0.555. The van der Waals surface area contributed by atoms with Gasteiger partial charge in [-0.2, -0.15) is 0 Å². The first-order valence-electron chi connectivity index (χ1n) is 7.44. The summed E-state index contributed by atoms with van der Waals surface area (Å²) in [6, 6.07) is 7.44. The van der Waals surface area contributed by atoms with Gasteiger partial charge in [-0.1, -0.05) is 38.8 Å². The van der Waals surface area contributed by atoms with Crippen LogP contribution in [0.1, 0.15) is 45.1 Å². The van der Waals surface area contributed by atoms with Gasteiger partial charge in [0.2, 0.25) is 0 Å². The lowest BCUT2D eigenvalue weighted by molar-refractivity contribution is 0.101. The maximum atomic E-state index is 13.0. The van der Waals surface area contributed by atoms with Crippen LogP contribution in [0.2, 0.25) is 0 Å². The van der Waals surface area contributed by atoms with Gasteiger partial charge in [0.05, 0.1) is 0 Å². The highest BCUT2D eigenvalue weighted by atomic mass is 19.1. The molecule has 0 heterocycles. The fraction of sp³-hybridized carbons (Fsp3) is 0.647. The van der Waals surface area contributed by atoms with Crippen molar-refractivity contribution >= 4 is 0 Å². The third kappa shape index (κ3) is 3.56. The van der Waals surface area contributed by atoms with Crippen LogP contribution in [0, 0.1) is 17.2 Å². The summed E-state index contributed by atoms with van der Waals surface area (Å²) in [6.45, 7) is 4.79. The molecule has 2 heteroatoms. The van der Waals surface area contributed by atoms with Crippen molar-refractivity contribution in [1.29, 1.82) is 0 Å². The molecule has 2 rings (SSSR count). The normalized spacial score (nSPS) is 24.1. The zero-order valence-corrected chi connectivity index (χ0v) is 12.4. The maximum Gasteiger partial charge on any atom is 0.123 e. The molecule has 0 amide bonds. The fourth-order valence-electron chi connectivity index (χ4n) is 3.59. The SMILES string of the molecule is CNC(Cc1ccc(F)cc1)C1CCCCC1(C)C. The fourth-order valence-corrected chi connectivity index (χ4v) is 3.59. The van der Waals surface area contributed by atoms with E-state index in [-0.39, 0.29) is 5.82 Å². The number of benzene rings is 1. The average molecular weight is 263 g/mol. The van der Waals surface area contributed by atoms with E-state index < -0.39 is 0 Å². The van der Waals surface area contributed by atoms with Crippen LogP contribution in [-0.4, -0.2) is 13.1 Å². The van der Waals surface area contributed by atoms with Crippen molar-refractivity contribution < 1.29 is 4.39 Å². The van der Waals surface area contributed by atoms with Crippen molar-refractivity contribution in [3.8, 4) is 0 Å². The summed E-state index contributed by atoms with van der Waals surface area (Å²) in [6.07, 6.45) is 6.32. The van der Waals surface area contributed by atoms with E-state index in [2.05, 4.69) is 26.2 Å². The van der Waals surface area contributed by atoms with Crippen LogP contribution in [-0.2, 0) is 6.42 Å². The van der Waals surface area contributed by atoms with Crippen molar-refractivity contribution in [1.82, 2.24) is 5.32 Å². The molecule has 1 aliphatic rings. The molecule has 1 saturated carbocycles. The second-order valence-electron chi connectivity index (χ2n) is 6.57. The molecule has 19 heavy (non-hydrogen) atoms. The van der Waals surface area contributed by atoms with E-state index in [1.54, 1.807) is 12.1 Å². The predicted molar refractivity (Wildman–Crippen MR) is 78.7 cm³/mol. The Morgan fingerprint density at radius 2 is 1.95 bits per heavy atom. The second-order valence-corrected chi connectivity index (χ2v) is 6.57. The van der Waals surface area contributed by atoms with Crippen molar-refractivity contribution in [2.24, 2.45) is 11.3 Å². The molecule has 1 aromatic rings. The summed E-state index contributed by atoms with van der Waals surface area (Å²) in [4.78, 5) is 0. The molecule has 2 atom stereocenters. The van der Waals surface area contributed by atoms with Crippen LogP contribution in [0.4, 0.5) is 4.39 Å². The van der Waals surface area contributed by atoms with E-state index in [1.807, 2.05) is 12.1 Å². The minimum absolute atomic E-state index is 0.150. The molecule has 0 bridgehead atoms. The number of rotatable bonds is 4. The Balaban J connectivity index is 2.08. The molecule has 0 aromatic heterocycles. The summed E-state index contributed by atoms with van der Waals surface area (Å²) < 4.78 is 13.0. The first-order chi connectivity index (χ1) is 9.03. The summed E-state index contributed by atoms with van der Waals surface area (Å²) >= 11 is 0. The van der Waals surface area contributed by atoms with Gasteiger partial charge in [0.25, 0.3) is 0 Å². The number of likely N-dealkylation sites (N-methyl/N-ethyl adjacent to an activating group) is 1. The van der Waals surface area contributed by atoms with Crippen LogP contribution in [0.25, 0.3) is 0 Å². The molecule has 0 radical (unpaired) electrons. The van der Waals surface area contributed by atoms with Gasteiger partial charge < -0.3 is 5.32 Å². The van der Waals surface area contributed by atoms with Gasteiger partial charge in [0.1, 0.15) is 5.82 Å². The Labute approximate surface area is 116 Å². The van der Waals surface area contributed by atoms with Crippen LogP contribution >= 0.6 is 0 Å². The lowest BCUT2D eigenvalue weighted by Gasteiger charge is -2.43. The van der Waals surface area contributed by atoms with Crippen LogP contribution < -0.4 is 5.32 Å². The predicted octanol–water partition coefficient (Wildman–Crippen LogP) is 4.17. The molecule has 1 fully saturated rings. The van der Waals surface area contributed by atoms with Crippen LogP contribution in [0.5, 0.6) is 0 Å². The Morgan fingerprint density at radius 3 is 2.53 bits per heavy atom. The number of hydrogen-bond donors (Lipinski definition) is 1. The highest BCUT2D eigenvalue weighted by molar-refractivity contribution is 5.17. The zero-order chi connectivity index (χ0) is 13.9. The lowest BCUT2D eigenvalue weighted by atomic mass is 9.65. The molecule has 1 aliphatic carbocycles. The first kappa shape index (κ1) is 14.5. The summed E-state index contributed by atoms with van der Waals surface area (Å²) in [5.41, 5.74) is 1.63. The minimum Gasteiger partial charge on any atom is -0.316 e. The molecular weight excluding hydrogens is 237 g/mol. The summed E-state index contributed by atoms with van der Waals surface area (Å²) in [7, 11) is 2.05. The molecule has 0 aliphatic heterocycles. The highest BCUT2D eigenvalue weighted by Gasteiger charge is 2.36. The second kappa shape index (κ2) is 6.04. The van der Waals surface area contributed by atoms with Crippen molar-refractivity contribution in [2.45, 2.75) is 52.0 Å². The van der Waals surface area contributed by atoms with Gasteiger partial charge in [-0.15, -0.1) is 0 Å². The van der Waals surface area contributed by atoms with E-state index in [0.717, 1.165) is 6.42 Å². The van der Waals surface area contributed by atoms with Gasteiger partial charge in [-0.3, -0.25) is 0 Å². The molecule has 1 aromatic carbocycles. The lowest BCUT2D eigenvalue weighted by Crippen LogP contribution is -2.44. The molecule has 1 N–H and O–H groups in total. The van der Waals surface area contributed by atoms with Gasteiger partial charge in [-0.05, 0) is 55.3 Å². The monoisotopic (exact) mass is 263 g/mol. The zero-order valence-electron chi connectivity index (χ0n) is 12.4. The van der Waals surface area contributed by atoms with Gasteiger partial charge in [0, 0.05) is 6.04 Å². The topological polar surface area (TPSA) is 12.0 Å². The van der Waals surface area contributed by atoms with E-state index in [9.17, 15) is 4.39 Å². The Kier molecular flexibility index (Phi) is 4.62. The quantitative estimate of drug-likeness (QED) is 0.859. The molecule has 0 saturated heterocycles. The largest absolute Gasteiger partial charge is 0.316 e. The maximum absolute atomic E-state index is 13.0. The van der Waals surface area contributed by atoms with Crippen LogP contribution in [0.15, 0.2) is 24.3 Å². The number of nitrogens with one attached hydrogen (secondary N) is 1. The van der Waals surface area contributed by atoms with E-state index >= 15 is 0 Å². The molecule has 0 spiro atoms.